The van der Waals surface area contributed by atoms with Gasteiger partial charge in [-0.1, -0.05) is 29.9 Å². The van der Waals surface area contributed by atoms with Crippen LogP contribution in [0.15, 0.2) is 24.3 Å². The summed E-state index contributed by atoms with van der Waals surface area (Å²) >= 11 is 0. The Morgan fingerprint density at radius 2 is 1.81 bits per heavy atom. The zero-order chi connectivity index (χ0) is 12.0. The second-order valence-corrected chi connectivity index (χ2v) is 4.11. The van der Waals surface area contributed by atoms with E-state index in [0.717, 1.165) is 11.1 Å². The maximum Gasteiger partial charge on any atom is 0.119 e. The van der Waals surface area contributed by atoms with Gasteiger partial charge in [0.1, 0.15) is 5.60 Å². The summed E-state index contributed by atoms with van der Waals surface area (Å²) in [6.07, 6.45) is 0.657. The van der Waals surface area contributed by atoms with Crippen LogP contribution >= 0.6 is 0 Å². The highest BCUT2D eigenvalue weighted by Crippen LogP contribution is 2.04. The Morgan fingerprint density at radius 1 is 1.19 bits per heavy atom. The van der Waals surface area contributed by atoms with Crippen molar-refractivity contribution in [1.29, 1.82) is 0 Å². The van der Waals surface area contributed by atoms with Crippen LogP contribution < -0.4 is 0 Å². The molecular weight excluding hydrogens is 196 g/mol. The highest BCUT2D eigenvalue weighted by atomic mass is 16.3. The number of hydrogen-bond donors (Lipinski definition) is 1. The maximum absolute atomic E-state index is 9.42. The normalized spacial score (nSPS) is 9.75. The number of benzene rings is 1. The maximum atomic E-state index is 9.42. The molecule has 0 atom stereocenters. The topological polar surface area (TPSA) is 20.2 Å². The molecule has 0 fully saturated rings. The van der Waals surface area contributed by atoms with Crippen LogP contribution in [0, 0.1) is 23.7 Å². The summed E-state index contributed by atoms with van der Waals surface area (Å²) in [7, 11) is 0. The molecule has 1 nitrogen and oxygen atoms in total. The Kier molecular flexibility index (Phi) is 4.18. The Balaban J connectivity index is 2.67. The zero-order valence-corrected chi connectivity index (χ0v) is 9.96. The van der Waals surface area contributed by atoms with Crippen LogP contribution in [0.4, 0.5) is 0 Å². The second-order valence-electron chi connectivity index (χ2n) is 4.11. The highest BCUT2D eigenvalue weighted by Gasteiger charge is 2.05. The van der Waals surface area contributed by atoms with Crippen LogP contribution in [0.2, 0.25) is 0 Å². The molecule has 1 N–H and O–H groups in total. The molecule has 0 aliphatic rings. The van der Waals surface area contributed by atoms with Gasteiger partial charge in [0.05, 0.1) is 0 Å². The molecule has 1 aromatic carbocycles. The van der Waals surface area contributed by atoms with Gasteiger partial charge in [-0.2, -0.15) is 0 Å². The summed E-state index contributed by atoms with van der Waals surface area (Å²) in [6, 6.07) is 7.99. The van der Waals surface area contributed by atoms with Crippen molar-refractivity contribution in [2.45, 2.75) is 32.8 Å². The van der Waals surface area contributed by atoms with Gasteiger partial charge >= 0.3 is 0 Å². The van der Waals surface area contributed by atoms with Crippen LogP contribution in [0.3, 0.4) is 0 Å². The molecule has 0 spiro atoms. The van der Waals surface area contributed by atoms with Gasteiger partial charge in [0.15, 0.2) is 0 Å². The Morgan fingerprint density at radius 3 is 2.31 bits per heavy atom. The summed E-state index contributed by atoms with van der Waals surface area (Å²) in [4.78, 5) is 0. The minimum Gasteiger partial charge on any atom is -0.378 e. The first-order valence-electron chi connectivity index (χ1n) is 5.25. The molecule has 0 aromatic heterocycles. The van der Waals surface area contributed by atoms with Gasteiger partial charge in [0.2, 0.25) is 0 Å². The summed E-state index contributed by atoms with van der Waals surface area (Å²) in [5, 5.41) is 9.42. The van der Waals surface area contributed by atoms with E-state index in [1.165, 1.54) is 0 Å². The first-order valence-corrected chi connectivity index (χ1v) is 5.25. The molecule has 0 bridgehead atoms. The van der Waals surface area contributed by atoms with E-state index in [0.29, 0.717) is 6.42 Å². The lowest BCUT2D eigenvalue weighted by molar-refractivity contribution is 0.143. The molecule has 0 radical (unpaired) electrons. The van der Waals surface area contributed by atoms with Crippen molar-refractivity contribution in [2.24, 2.45) is 0 Å². The summed E-state index contributed by atoms with van der Waals surface area (Å²) in [6.45, 7) is 5.18. The monoisotopic (exact) mass is 212 g/mol. The van der Waals surface area contributed by atoms with Crippen molar-refractivity contribution in [3.63, 3.8) is 0 Å². The van der Waals surface area contributed by atoms with Gasteiger partial charge in [0, 0.05) is 12.0 Å². The first-order chi connectivity index (χ1) is 7.51. The van der Waals surface area contributed by atoms with E-state index in [-0.39, 0.29) is 0 Å². The van der Waals surface area contributed by atoms with Gasteiger partial charge < -0.3 is 5.11 Å². The van der Waals surface area contributed by atoms with Crippen molar-refractivity contribution in [3.8, 4) is 23.7 Å². The summed E-state index contributed by atoms with van der Waals surface area (Å²) in [5.74, 6) is 11.6. The van der Waals surface area contributed by atoms with E-state index in [4.69, 9.17) is 0 Å². The van der Waals surface area contributed by atoms with E-state index in [1.807, 2.05) is 31.2 Å². The molecule has 1 aromatic rings. The second kappa shape index (κ2) is 5.40. The van der Waals surface area contributed by atoms with E-state index < -0.39 is 5.60 Å². The van der Waals surface area contributed by atoms with E-state index >= 15 is 0 Å². The molecule has 82 valence electrons. The van der Waals surface area contributed by atoms with Crippen molar-refractivity contribution < 1.29 is 5.11 Å². The molecule has 1 rings (SSSR count). The zero-order valence-electron chi connectivity index (χ0n) is 9.96. The van der Waals surface area contributed by atoms with Crippen molar-refractivity contribution >= 4 is 0 Å². The lowest BCUT2D eigenvalue weighted by atomic mass is 10.1. The van der Waals surface area contributed by atoms with Gasteiger partial charge in [-0.25, -0.2) is 0 Å². The van der Waals surface area contributed by atoms with Gasteiger partial charge in [-0.3, -0.25) is 0 Å². The van der Waals surface area contributed by atoms with E-state index in [9.17, 15) is 5.11 Å². The first kappa shape index (κ1) is 12.4. The quantitative estimate of drug-likeness (QED) is 0.709. The Hall–Kier alpha value is -1.70. The van der Waals surface area contributed by atoms with E-state index in [1.54, 1.807) is 13.8 Å². The predicted octanol–water partition coefficient (Wildman–Crippen LogP) is 2.37. The average molecular weight is 212 g/mol. The molecule has 0 unspecified atom stereocenters. The molecule has 16 heavy (non-hydrogen) atoms. The van der Waals surface area contributed by atoms with Gasteiger partial charge in [-0.05, 0) is 38.5 Å². The van der Waals surface area contributed by atoms with Crippen molar-refractivity contribution in [3.05, 3.63) is 35.4 Å². The van der Waals surface area contributed by atoms with Crippen LogP contribution in [-0.4, -0.2) is 10.7 Å². The molecular formula is C15H16O. The number of aliphatic hydroxyl groups is 1. The fourth-order valence-corrected chi connectivity index (χ4v) is 1.21. The lowest BCUT2D eigenvalue weighted by Gasteiger charge is -2.05. The third-order valence-corrected chi connectivity index (χ3v) is 1.91. The minimum atomic E-state index is -0.909. The largest absolute Gasteiger partial charge is 0.378 e. The Labute approximate surface area is 97.5 Å². The molecule has 0 aliphatic heterocycles. The van der Waals surface area contributed by atoms with Crippen LogP contribution in [-0.2, 0) is 6.42 Å². The van der Waals surface area contributed by atoms with Crippen molar-refractivity contribution in [2.75, 3.05) is 0 Å². The molecule has 0 saturated carbocycles. The highest BCUT2D eigenvalue weighted by molar-refractivity contribution is 5.36. The Bertz CT molecular complexity index is 453. The SMILES string of the molecule is CC#Cc1ccc(CC#CC(C)(C)O)cc1. The van der Waals surface area contributed by atoms with Gasteiger partial charge in [-0.15, -0.1) is 5.92 Å². The molecule has 0 heterocycles. The fourth-order valence-electron chi connectivity index (χ4n) is 1.21. The van der Waals surface area contributed by atoms with Crippen molar-refractivity contribution in [1.82, 2.24) is 0 Å². The number of rotatable bonds is 1. The van der Waals surface area contributed by atoms with Gasteiger partial charge in [0.25, 0.3) is 0 Å². The molecule has 1 heteroatoms. The van der Waals surface area contributed by atoms with Crippen LogP contribution in [0.5, 0.6) is 0 Å². The lowest BCUT2D eigenvalue weighted by Crippen LogP contribution is -2.14. The number of hydrogen-bond acceptors (Lipinski definition) is 1. The average Bonchev–Trinajstić information content (AvgIpc) is 2.19. The predicted molar refractivity (Wildman–Crippen MR) is 66.8 cm³/mol. The minimum absolute atomic E-state index is 0.657. The summed E-state index contributed by atoms with van der Waals surface area (Å²) in [5.41, 5.74) is 1.24. The molecule has 0 saturated heterocycles. The smallest absolute Gasteiger partial charge is 0.119 e. The van der Waals surface area contributed by atoms with Crippen LogP contribution in [0.25, 0.3) is 0 Å². The third-order valence-electron chi connectivity index (χ3n) is 1.91. The summed E-state index contributed by atoms with van der Waals surface area (Å²) < 4.78 is 0. The van der Waals surface area contributed by atoms with E-state index in [2.05, 4.69) is 23.7 Å². The molecule has 0 amide bonds. The molecule has 0 aliphatic carbocycles. The standard InChI is InChI=1S/C15H16O/c1-4-6-13-8-10-14(11-9-13)7-5-12-15(2,3)16/h8-11,16H,7H2,1-3H3. The van der Waals surface area contributed by atoms with Crippen LogP contribution in [0.1, 0.15) is 31.9 Å². The third kappa shape index (κ3) is 4.69. The fraction of sp³-hybridized carbons (Fsp3) is 0.333.